The van der Waals surface area contributed by atoms with Gasteiger partial charge in [0.05, 0.1) is 16.6 Å². The molecule has 1 aliphatic rings. The van der Waals surface area contributed by atoms with Crippen molar-refractivity contribution in [3.8, 4) is 0 Å². The third-order valence-electron chi connectivity index (χ3n) is 4.25. The average Bonchev–Trinajstić information content (AvgIpc) is 2.67. The van der Waals surface area contributed by atoms with E-state index in [0.29, 0.717) is 5.56 Å². The van der Waals surface area contributed by atoms with E-state index in [1.165, 1.54) is 18.8 Å². The summed E-state index contributed by atoms with van der Waals surface area (Å²) in [4.78, 5) is 29.4. The maximum atomic E-state index is 10.6. The zero-order valence-corrected chi connectivity index (χ0v) is 14.1. The lowest BCUT2D eigenvalue weighted by atomic mass is 9.95. The van der Waals surface area contributed by atoms with E-state index in [9.17, 15) is 9.59 Å². The molecule has 6 heteroatoms. The molecule has 0 amide bonds. The molecule has 1 aromatic carbocycles. The number of carboxylic acid groups (broad SMARTS) is 2. The number of hydrogen-bond donors (Lipinski definition) is 2. The number of hydrogen-bond acceptors (Lipinski definition) is 4. The van der Waals surface area contributed by atoms with Crippen LogP contribution in [-0.4, -0.2) is 32.1 Å². The number of para-hydroxylation sites is 1. The maximum absolute atomic E-state index is 10.6. The minimum absolute atomic E-state index is 0.221. The number of aromatic carboxylic acids is 2. The van der Waals surface area contributed by atoms with Crippen molar-refractivity contribution >= 4 is 22.8 Å². The molecule has 132 valence electrons. The third-order valence-corrected chi connectivity index (χ3v) is 4.25. The molecule has 26 heavy (non-hydrogen) atoms. The second-order valence-electron chi connectivity index (χ2n) is 6.06. The Hall–Kier alpha value is -3.28. The fraction of sp³-hybridized carbons (Fsp3) is 0.200. The number of benzene rings is 1. The molecule has 2 heterocycles. The van der Waals surface area contributed by atoms with Crippen molar-refractivity contribution in [2.45, 2.75) is 25.7 Å². The lowest BCUT2D eigenvalue weighted by Crippen LogP contribution is -2.08. The van der Waals surface area contributed by atoms with E-state index >= 15 is 0 Å². The molecule has 0 saturated heterocycles. The maximum Gasteiger partial charge on any atom is 0.337 e. The topological polar surface area (TPSA) is 100 Å². The van der Waals surface area contributed by atoms with E-state index in [-0.39, 0.29) is 5.56 Å². The van der Waals surface area contributed by atoms with Gasteiger partial charge in [0.15, 0.2) is 0 Å². The van der Waals surface area contributed by atoms with Crippen LogP contribution < -0.4 is 0 Å². The van der Waals surface area contributed by atoms with Crippen molar-refractivity contribution in [2.75, 3.05) is 0 Å². The van der Waals surface area contributed by atoms with Crippen molar-refractivity contribution in [3.63, 3.8) is 0 Å². The van der Waals surface area contributed by atoms with Crippen molar-refractivity contribution < 1.29 is 19.8 Å². The number of pyridine rings is 2. The summed E-state index contributed by atoms with van der Waals surface area (Å²) in [7, 11) is 0. The molecule has 3 aromatic rings. The summed E-state index contributed by atoms with van der Waals surface area (Å²) in [5.41, 5.74) is 3.54. The van der Waals surface area contributed by atoms with Crippen LogP contribution in [0.4, 0.5) is 0 Å². The smallest absolute Gasteiger partial charge is 0.337 e. The second kappa shape index (κ2) is 7.74. The molecule has 0 atom stereocenters. The van der Waals surface area contributed by atoms with Gasteiger partial charge in [0, 0.05) is 23.5 Å². The lowest BCUT2D eigenvalue weighted by Gasteiger charge is -2.14. The number of nitrogens with zero attached hydrogens (tertiary/aromatic N) is 2. The van der Waals surface area contributed by atoms with Gasteiger partial charge in [0.25, 0.3) is 0 Å². The monoisotopic (exact) mass is 350 g/mol. The Balaban J connectivity index is 0.000000151. The highest BCUT2D eigenvalue weighted by molar-refractivity contribution is 5.92. The number of carboxylic acids is 2. The van der Waals surface area contributed by atoms with Gasteiger partial charge in [-0.1, -0.05) is 18.2 Å². The van der Waals surface area contributed by atoms with Crippen LogP contribution in [0.25, 0.3) is 10.9 Å². The molecule has 1 aliphatic carbocycles. The summed E-state index contributed by atoms with van der Waals surface area (Å²) in [5, 5.41) is 18.3. The van der Waals surface area contributed by atoms with E-state index in [1.54, 1.807) is 12.1 Å². The Morgan fingerprint density at radius 2 is 1.50 bits per heavy atom. The predicted octanol–water partition coefficient (Wildman–Crippen LogP) is 3.59. The van der Waals surface area contributed by atoms with Crippen molar-refractivity contribution in [1.82, 2.24) is 9.97 Å². The zero-order valence-electron chi connectivity index (χ0n) is 14.1. The quantitative estimate of drug-likeness (QED) is 0.732. The summed E-state index contributed by atoms with van der Waals surface area (Å²) in [6.45, 7) is 0. The lowest BCUT2D eigenvalue weighted by molar-refractivity contribution is 0.0685. The Labute approximate surface area is 150 Å². The SMILES string of the molecule is O=C(O)c1cnc2c(c1)CCCC2.O=C(O)c1cnc2ccccc2c1. The Bertz CT molecular complexity index is 969. The Morgan fingerprint density at radius 1 is 0.846 bits per heavy atom. The summed E-state index contributed by atoms with van der Waals surface area (Å²) in [5.74, 6) is -1.83. The van der Waals surface area contributed by atoms with Gasteiger partial charge in [-0.15, -0.1) is 0 Å². The first-order valence-electron chi connectivity index (χ1n) is 8.34. The number of aromatic nitrogens is 2. The van der Waals surface area contributed by atoms with Crippen molar-refractivity contribution in [1.29, 1.82) is 0 Å². The third kappa shape index (κ3) is 4.03. The van der Waals surface area contributed by atoms with Crippen LogP contribution in [-0.2, 0) is 12.8 Å². The van der Waals surface area contributed by atoms with E-state index in [1.807, 2.05) is 24.3 Å². The van der Waals surface area contributed by atoms with Crippen LogP contribution in [0.5, 0.6) is 0 Å². The highest BCUT2D eigenvalue weighted by Gasteiger charge is 2.12. The number of aryl methyl sites for hydroxylation is 2. The van der Waals surface area contributed by atoms with Gasteiger partial charge in [-0.2, -0.15) is 0 Å². The minimum Gasteiger partial charge on any atom is -0.478 e. The van der Waals surface area contributed by atoms with Crippen LogP contribution in [0.1, 0.15) is 44.8 Å². The first-order valence-corrected chi connectivity index (χ1v) is 8.34. The summed E-state index contributed by atoms with van der Waals surface area (Å²) in [6.07, 6.45) is 7.11. The van der Waals surface area contributed by atoms with E-state index < -0.39 is 11.9 Å². The van der Waals surface area contributed by atoms with Crippen LogP contribution in [0, 0.1) is 0 Å². The highest BCUT2D eigenvalue weighted by atomic mass is 16.4. The molecule has 0 saturated carbocycles. The molecule has 0 spiro atoms. The van der Waals surface area contributed by atoms with Crippen LogP contribution in [0.2, 0.25) is 0 Å². The summed E-state index contributed by atoms with van der Waals surface area (Å²) in [6, 6.07) is 10.8. The van der Waals surface area contributed by atoms with E-state index in [0.717, 1.165) is 41.4 Å². The fourth-order valence-corrected chi connectivity index (χ4v) is 2.89. The summed E-state index contributed by atoms with van der Waals surface area (Å²) < 4.78 is 0. The van der Waals surface area contributed by atoms with Crippen LogP contribution >= 0.6 is 0 Å². The van der Waals surface area contributed by atoms with Crippen LogP contribution in [0.3, 0.4) is 0 Å². The fourth-order valence-electron chi connectivity index (χ4n) is 2.89. The largest absolute Gasteiger partial charge is 0.478 e. The molecule has 0 radical (unpaired) electrons. The summed E-state index contributed by atoms with van der Waals surface area (Å²) >= 11 is 0. The Morgan fingerprint density at radius 3 is 2.27 bits per heavy atom. The number of fused-ring (bicyclic) bond motifs is 2. The molecule has 2 N–H and O–H groups in total. The Kier molecular flexibility index (Phi) is 5.22. The average molecular weight is 350 g/mol. The normalized spacial score (nSPS) is 12.6. The van der Waals surface area contributed by atoms with Gasteiger partial charge in [0.1, 0.15) is 0 Å². The molecule has 2 aromatic heterocycles. The second-order valence-corrected chi connectivity index (χ2v) is 6.06. The molecular formula is C20H18N2O4. The van der Waals surface area contributed by atoms with Gasteiger partial charge >= 0.3 is 11.9 Å². The van der Waals surface area contributed by atoms with E-state index in [2.05, 4.69) is 9.97 Å². The molecule has 0 bridgehead atoms. The minimum atomic E-state index is -0.946. The van der Waals surface area contributed by atoms with Gasteiger partial charge in [-0.05, 0) is 49.4 Å². The molecule has 0 fully saturated rings. The van der Waals surface area contributed by atoms with Gasteiger partial charge in [-0.3, -0.25) is 9.97 Å². The number of rotatable bonds is 2. The van der Waals surface area contributed by atoms with Crippen LogP contribution in [0.15, 0.2) is 48.8 Å². The number of carbonyl (C=O) groups is 2. The molecule has 0 unspecified atom stereocenters. The van der Waals surface area contributed by atoms with Gasteiger partial charge < -0.3 is 10.2 Å². The van der Waals surface area contributed by atoms with Gasteiger partial charge in [-0.25, -0.2) is 9.59 Å². The zero-order chi connectivity index (χ0) is 18.5. The first kappa shape index (κ1) is 17.5. The highest BCUT2D eigenvalue weighted by Crippen LogP contribution is 2.19. The first-order chi connectivity index (χ1) is 12.5. The standard InChI is InChI=1S/C10H11NO2.C10H7NO2/c2*12-10(13)8-5-7-3-1-2-4-9(7)11-6-8/h5-6H,1-4H2,(H,12,13);1-6H,(H,12,13). The van der Waals surface area contributed by atoms with Crippen molar-refractivity contribution in [3.05, 3.63) is 71.2 Å². The van der Waals surface area contributed by atoms with Crippen molar-refractivity contribution in [2.24, 2.45) is 0 Å². The molecule has 0 aliphatic heterocycles. The predicted molar refractivity (Wildman–Crippen MR) is 96.5 cm³/mol. The van der Waals surface area contributed by atoms with E-state index in [4.69, 9.17) is 10.2 Å². The molecular weight excluding hydrogens is 332 g/mol. The van der Waals surface area contributed by atoms with Gasteiger partial charge in [0.2, 0.25) is 0 Å². The molecule has 4 rings (SSSR count). The molecule has 6 nitrogen and oxygen atoms in total.